The minimum absolute atomic E-state index is 0.0582. The molecule has 1 saturated carbocycles. The molecule has 2 aliphatic rings. The summed E-state index contributed by atoms with van der Waals surface area (Å²) in [4.78, 5) is 2.28. The van der Waals surface area contributed by atoms with Crippen molar-refractivity contribution in [1.82, 2.24) is 9.21 Å². The zero-order valence-corrected chi connectivity index (χ0v) is 15.7. The first kappa shape index (κ1) is 18.4. The molecule has 0 aromatic heterocycles. The predicted molar refractivity (Wildman–Crippen MR) is 95.1 cm³/mol. The molecular weight excluding hydrogens is 371 g/mol. The largest absolute Gasteiger partial charge is 0.391 e. The van der Waals surface area contributed by atoms with E-state index in [-0.39, 0.29) is 22.1 Å². The second-order valence-electron chi connectivity index (χ2n) is 6.43. The van der Waals surface area contributed by atoms with Gasteiger partial charge in [0.25, 0.3) is 0 Å². The van der Waals surface area contributed by atoms with Crippen LogP contribution in [0.3, 0.4) is 0 Å². The zero-order valence-electron chi connectivity index (χ0n) is 13.4. The summed E-state index contributed by atoms with van der Waals surface area (Å²) in [6.45, 7) is 2.04. The lowest BCUT2D eigenvalue weighted by Crippen LogP contribution is -2.55. The van der Waals surface area contributed by atoms with Crippen LogP contribution >= 0.6 is 23.2 Å². The number of rotatable bonds is 3. The van der Waals surface area contributed by atoms with E-state index in [2.05, 4.69) is 4.90 Å². The van der Waals surface area contributed by atoms with Gasteiger partial charge in [-0.1, -0.05) is 36.0 Å². The van der Waals surface area contributed by atoms with Crippen LogP contribution in [-0.2, 0) is 10.0 Å². The normalized spacial score (nSPS) is 27.3. The van der Waals surface area contributed by atoms with Gasteiger partial charge in [-0.3, -0.25) is 4.90 Å². The molecule has 1 aromatic rings. The smallest absolute Gasteiger partial charge is 0.244 e. The lowest BCUT2D eigenvalue weighted by molar-refractivity contribution is 0.00640. The summed E-state index contributed by atoms with van der Waals surface area (Å²) in [5.74, 6) is 0. The van der Waals surface area contributed by atoms with Crippen molar-refractivity contribution in [3.8, 4) is 0 Å². The molecule has 1 N–H and O–H groups in total. The molecule has 3 rings (SSSR count). The third-order valence-corrected chi connectivity index (χ3v) is 7.56. The van der Waals surface area contributed by atoms with Gasteiger partial charge >= 0.3 is 0 Å². The lowest BCUT2D eigenvalue weighted by Gasteiger charge is -2.42. The van der Waals surface area contributed by atoms with Crippen LogP contribution in [0.1, 0.15) is 25.7 Å². The zero-order chi connectivity index (χ0) is 17.3. The Hall–Kier alpha value is -0.370. The van der Waals surface area contributed by atoms with Gasteiger partial charge in [-0.05, 0) is 31.0 Å². The first-order valence-corrected chi connectivity index (χ1v) is 10.5. The third-order valence-electron chi connectivity index (χ3n) is 4.95. The van der Waals surface area contributed by atoms with Crippen molar-refractivity contribution < 1.29 is 13.5 Å². The first-order chi connectivity index (χ1) is 11.4. The third kappa shape index (κ3) is 3.74. The van der Waals surface area contributed by atoms with Crippen LogP contribution in [0, 0.1) is 0 Å². The number of hydrogen-bond donors (Lipinski definition) is 1. The molecule has 2 atom stereocenters. The van der Waals surface area contributed by atoms with E-state index < -0.39 is 10.0 Å². The quantitative estimate of drug-likeness (QED) is 0.858. The highest BCUT2D eigenvalue weighted by Crippen LogP contribution is 2.29. The number of sulfonamides is 1. The molecule has 0 bridgehead atoms. The van der Waals surface area contributed by atoms with Crippen molar-refractivity contribution in [3.05, 3.63) is 28.2 Å². The summed E-state index contributed by atoms with van der Waals surface area (Å²) in [5.41, 5.74) is 0. The van der Waals surface area contributed by atoms with E-state index in [9.17, 15) is 13.5 Å². The summed E-state index contributed by atoms with van der Waals surface area (Å²) in [7, 11) is -3.66. The number of nitrogens with zero attached hydrogens (tertiary/aromatic N) is 2. The molecule has 8 heteroatoms. The van der Waals surface area contributed by atoms with Gasteiger partial charge in [0.1, 0.15) is 4.90 Å². The van der Waals surface area contributed by atoms with E-state index in [4.69, 9.17) is 23.2 Å². The van der Waals surface area contributed by atoms with Crippen LogP contribution in [0.15, 0.2) is 23.1 Å². The van der Waals surface area contributed by atoms with E-state index >= 15 is 0 Å². The van der Waals surface area contributed by atoms with E-state index in [1.54, 1.807) is 6.07 Å². The minimum atomic E-state index is -3.66. The van der Waals surface area contributed by atoms with E-state index in [1.165, 1.54) is 16.4 Å². The molecule has 1 aliphatic heterocycles. The fourth-order valence-electron chi connectivity index (χ4n) is 3.61. The average Bonchev–Trinajstić information content (AvgIpc) is 2.57. The molecule has 1 saturated heterocycles. The molecule has 0 amide bonds. The molecule has 0 unspecified atom stereocenters. The molecule has 134 valence electrons. The molecule has 1 aliphatic carbocycles. The highest BCUT2D eigenvalue weighted by molar-refractivity contribution is 7.89. The molecule has 5 nitrogen and oxygen atoms in total. The Morgan fingerprint density at radius 3 is 2.38 bits per heavy atom. The van der Waals surface area contributed by atoms with Crippen molar-refractivity contribution in [2.45, 2.75) is 42.7 Å². The van der Waals surface area contributed by atoms with Gasteiger partial charge in [0.15, 0.2) is 0 Å². The SMILES string of the molecule is O=S(=O)(c1cc(Cl)ccc1Cl)N1CCN([C@@H]2CCCC[C@H]2O)CC1. The van der Waals surface area contributed by atoms with E-state index in [0.717, 1.165) is 25.7 Å². The molecular formula is C16H22Cl2N2O3S. The summed E-state index contributed by atoms with van der Waals surface area (Å²) < 4.78 is 27.1. The van der Waals surface area contributed by atoms with Gasteiger partial charge in [-0.2, -0.15) is 4.31 Å². The van der Waals surface area contributed by atoms with Gasteiger partial charge in [-0.15, -0.1) is 0 Å². The Morgan fingerprint density at radius 2 is 1.71 bits per heavy atom. The van der Waals surface area contributed by atoms with Crippen molar-refractivity contribution >= 4 is 33.2 Å². The molecule has 2 fully saturated rings. The van der Waals surface area contributed by atoms with E-state index in [1.807, 2.05) is 0 Å². The fraction of sp³-hybridized carbons (Fsp3) is 0.625. The summed E-state index contributed by atoms with van der Waals surface area (Å²) >= 11 is 12.0. The van der Waals surface area contributed by atoms with E-state index in [0.29, 0.717) is 31.2 Å². The minimum Gasteiger partial charge on any atom is -0.391 e. The topological polar surface area (TPSA) is 60.9 Å². The van der Waals surface area contributed by atoms with Gasteiger partial charge in [0.2, 0.25) is 10.0 Å². The molecule has 0 spiro atoms. The number of piperazine rings is 1. The van der Waals surface area contributed by atoms with Crippen LogP contribution in [-0.4, -0.2) is 61.1 Å². The highest BCUT2D eigenvalue weighted by Gasteiger charge is 2.35. The first-order valence-electron chi connectivity index (χ1n) is 8.27. The van der Waals surface area contributed by atoms with Gasteiger partial charge in [0, 0.05) is 37.2 Å². The summed E-state index contributed by atoms with van der Waals surface area (Å²) in [5, 5.41) is 10.7. The van der Waals surface area contributed by atoms with Gasteiger partial charge in [-0.25, -0.2) is 8.42 Å². The summed E-state index contributed by atoms with van der Waals surface area (Å²) in [6.07, 6.45) is 3.71. The van der Waals surface area contributed by atoms with Crippen LogP contribution in [0.2, 0.25) is 10.0 Å². The van der Waals surface area contributed by atoms with Crippen molar-refractivity contribution in [3.63, 3.8) is 0 Å². The molecule has 1 aromatic carbocycles. The van der Waals surface area contributed by atoms with Crippen LogP contribution in [0.4, 0.5) is 0 Å². The average molecular weight is 393 g/mol. The highest BCUT2D eigenvalue weighted by atomic mass is 35.5. The molecule has 24 heavy (non-hydrogen) atoms. The van der Waals surface area contributed by atoms with Crippen molar-refractivity contribution in [2.24, 2.45) is 0 Å². The molecule has 1 heterocycles. The van der Waals surface area contributed by atoms with Crippen molar-refractivity contribution in [1.29, 1.82) is 0 Å². The number of benzene rings is 1. The second-order valence-corrected chi connectivity index (χ2v) is 9.18. The van der Waals surface area contributed by atoms with Gasteiger partial charge < -0.3 is 5.11 Å². The maximum Gasteiger partial charge on any atom is 0.244 e. The molecule has 0 radical (unpaired) electrons. The fourth-order valence-corrected chi connectivity index (χ4v) is 5.77. The Labute approximate surface area is 153 Å². The van der Waals surface area contributed by atoms with Crippen LogP contribution < -0.4 is 0 Å². The van der Waals surface area contributed by atoms with Gasteiger partial charge in [0.05, 0.1) is 11.1 Å². The Balaban J connectivity index is 1.70. The number of aliphatic hydroxyl groups is 1. The Bertz CT molecular complexity index is 691. The monoisotopic (exact) mass is 392 g/mol. The number of halogens is 2. The Kier molecular flexibility index (Phi) is 5.74. The second kappa shape index (κ2) is 7.48. The van der Waals surface area contributed by atoms with Crippen LogP contribution in [0.25, 0.3) is 0 Å². The van der Waals surface area contributed by atoms with Crippen molar-refractivity contribution in [2.75, 3.05) is 26.2 Å². The maximum atomic E-state index is 12.8. The standard InChI is InChI=1S/C16H22Cl2N2O3S/c17-12-5-6-13(18)16(11-12)24(22,23)20-9-7-19(8-10-20)14-3-1-2-4-15(14)21/h5-6,11,14-15,21H,1-4,7-10H2/t14-,15-/m1/s1. The lowest BCUT2D eigenvalue weighted by atomic mass is 9.91. The summed E-state index contributed by atoms with van der Waals surface area (Å²) in [6, 6.07) is 4.63. The number of hydrogen-bond acceptors (Lipinski definition) is 4. The van der Waals surface area contributed by atoms with Crippen LogP contribution in [0.5, 0.6) is 0 Å². The Morgan fingerprint density at radius 1 is 1.04 bits per heavy atom. The number of aliphatic hydroxyl groups excluding tert-OH is 1. The predicted octanol–water partition coefficient (Wildman–Crippen LogP) is 2.60. The maximum absolute atomic E-state index is 12.8.